The Kier molecular flexibility index (Phi) is 11.4. The van der Waals surface area contributed by atoms with Gasteiger partial charge in [0.05, 0.1) is 61.3 Å². The van der Waals surface area contributed by atoms with Crippen LogP contribution in [0.5, 0.6) is 5.75 Å². The highest BCUT2D eigenvalue weighted by molar-refractivity contribution is 5.92. The van der Waals surface area contributed by atoms with Crippen molar-refractivity contribution in [3.8, 4) is 39.5 Å². The number of imidazole rings is 2. The Morgan fingerprint density at radius 1 is 0.746 bits per heavy atom. The maximum absolute atomic E-state index is 13.7. The van der Waals surface area contributed by atoms with Gasteiger partial charge < -0.3 is 49.2 Å². The highest BCUT2D eigenvalue weighted by Gasteiger charge is 2.40. The number of likely N-dealkylation sites (tertiary alicyclic amines) is 2. The van der Waals surface area contributed by atoms with E-state index in [1.807, 2.05) is 49.9 Å². The van der Waals surface area contributed by atoms with Crippen molar-refractivity contribution in [3.05, 3.63) is 66.5 Å². The standard InChI is InChI=1S/C47H57N9O7/c1-25(2)40(52-46(59)61-5)44(57)54-17-7-9-35(54)42-48-23-32(50-42)28-14-16-34-30(20-28)21-37-31-15-13-29(22-38(31)63-39(56(34)37)19-27-11-12-27)33-24-49-43(51-33)36-10-8-18-55(36)45(58)41(26(3)4)53-47(60)62-6/h13-16,20-27,35-36,39-41H,7-12,17-19H2,1-6H3,(H,48,50)(H,49,51)(H,52,59)(H,53,60)/t35-,36-,39?,40-,41-/m0/s1. The summed E-state index contributed by atoms with van der Waals surface area (Å²) in [5.74, 6) is 2.34. The van der Waals surface area contributed by atoms with Crippen LogP contribution in [0.1, 0.15) is 103 Å². The lowest BCUT2D eigenvalue weighted by Crippen LogP contribution is -2.51. The number of fused-ring (bicyclic) bond motifs is 5. The number of carbonyl (C=O) groups is 4. The molecule has 0 bridgehead atoms. The molecule has 5 aromatic rings. The Morgan fingerprint density at radius 3 is 1.81 bits per heavy atom. The SMILES string of the molecule is COC(=O)N[C@H](C(=O)N1CCC[C@H]1c1ncc(-c2ccc3c(c2)OC(CC2CC2)n2c-3cc3cc(-c4cnc([C@@H]5CCCN5C(=O)[C@@H](NC(=O)OC)C(C)C)[nH]4)ccc32)[nH]1)C(C)C. The second-order valence-electron chi connectivity index (χ2n) is 18.1. The second-order valence-corrected chi connectivity index (χ2v) is 18.1. The van der Waals surface area contributed by atoms with Crippen LogP contribution in [-0.4, -0.2) is 97.7 Å². The lowest BCUT2D eigenvalue weighted by Gasteiger charge is -2.30. The Bertz CT molecular complexity index is 2540. The number of aromatic nitrogens is 5. The van der Waals surface area contributed by atoms with E-state index >= 15 is 0 Å². The number of rotatable bonds is 12. The van der Waals surface area contributed by atoms with Crippen LogP contribution in [0.2, 0.25) is 0 Å². The average Bonchev–Trinajstić information content (AvgIpc) is 3.90. The molecule has 2 aromatic carbocycles. The van der Waals surface area contributed by atoms with Crippen LogP contribution in [0.25, 0.3) is 44.7 Å². The summed E-state index contributed by atoms with van der Waals surface area (Å²) in [5.41, 5.74) is 6.81. The third-order valence-corrected chi connectivity index (χ3v) is 13.2. The van der Waals surface area contributed by atoms with Gasteiger partial charge in [0.2, 0.25) is 11.8 Å². The van der Waals surface area contributed by atoms with Crippen LogP contribution in [0.3, 0.4) is 0 Å². The van der Waals surface area contributed by atoms with Gasteiger partial charge in [-0.05, 0) is 86.6 Å². The lowest BCUT2D eigenvalue weighted by atomic mass is 10.0. The van der Waals surface area contributed by atoms with Gasteiger partial charge in [0.25, 0.3) is 0 Å². The first-order valence-corrected chi connectivity index (χ1v) is 22.3. The first-order chi connectivity index (χ1) is 30.4. The van der Waals surface area contributed by atoms with Gasteiger partial charge in [0.15, 0.2) is 6.23 Å². The molecule has 1 aliphatic carbocycles. The fraction of sp³-hybridized carbons (Fsp3) is 0.489. The number of hydrogen-bond donors (Lipinski definition) is 4. The molecule has 16 nitrogen and oxygen atoms in total. The Labute approximate surface area is 366 Å². The summed E-state index contributed by atoms with van der Waals surface area (Å²) in [4.78, 5) is 71.9. The summed E-state index contributed by atoms with van der Waals surface area (Å²) in [6, 6.07) is 13.1. The molecule has 1 saturated carbocycles. The summed E-state index contributed by atoms with van der Waals surface area (Å²) in [6.45, 7) is 8.80. The van der Waals surface area contributed by atoms with Crippen molar-refractivity contribution in [2.24, 2.45) is 17.8 Å². The second kappa shape index (κ2) is 17.1. The zero-order valence-corrected chi connectivity index (χ0v) is 36.8. The van der Waals surface area contributed by atoms with Gasteiger partial charge in [-0.1, -0.05) is 39.8 Å². The first kappa shape index (κ1) is 42.0. The van der Waals surface area contributed by atoms with Gasteiger partial charge in [-0.15, -0.1) is 0 Å². The number of benzene rings is 2. The number of H-pyrrole nitrogens is 2. The van der Waals surface area contributed by atoms with E-state index < -0.39 is 24.3 Å². The molecule has 6 heterocycles. The molecule has 9 rings (SSSR count). The Balaban J connectivity index is 0.970. The van der Waals surface area contributed by atoms with Gasteiger partial charge in [-0.3, -0.25) is 9.59 Å². The van der Waals surface area contributed by atoms with E-state index in [9.17, 15) is 19.2 Å². The van der Waals surface area contributed by atoms with Gasteiger partial charge >= 0.3 is 12.2 Å². The summed E-state index contributed by atoms with van der Waals surface area (Å²) in [6.07, 6.45) is 8.76. The Morgan fingerprint density at radius 2 is 1.29 bits per heavy atom. The van der Waals surface area contributed by atoms with E-state index in [1.165, 1.54) is 27.1 Å². The molecular formula is C47H57N9O7. The average molecular weight is 860 g/mol. The van der Waals surface area contributed by atoms with Crippen molar-refractivity contribution in [2.45, 2.75) is 103 Å². The van der Waals surface area contributed by atoms with Gasteiger partial charge in [0.1, 0.15) is 29.5 Å². The van der Waals surface area contributed by atoms with Crippen LogP contribution in [0.4, 0.5) is 9.59 Å². The number of carbonyl (C=O) groups excluding carboxylic acids is 4. The van der Waals surface area contributed by atoms with E-state index in [-0.39, 0.29) is 42.0 Å². The smallest absolute Gasteiger partial charge is 0.407 e. The maximum Gasteiger partial charge on any atom is 0.407 e. The van der Waals surface area contributed by atoms with E-state index in [1.54, 1.807) is 0 Å². The van der Waals surface area contributed by atoms with Crippen LogP contribution in [0.15, 0.2) is 54.9 Å². The van der Waals surface area contributed by atoms with Crippen LogP contribution in [-0.2, 0) is 19.1 Å². The van der Waals surface area contributed by atoms with Crippen LogP contribution in [0, 0.1) is 17.8 Å². The van der Waals surface area contributed by atoms with Crippen LogP contribution < -0.4 is 15.4 Å². The van der Waals surface area contributed by atoms with E-state index in [0.29, 0.717) is 24.8 Å². The highest BCUT2D eigenvalue weighted by Crippen LogP contribution is 2.48. The number of ether oxygens (including phenoxy) is 3. The summed E-state index contributed by atoms with van der Waals surface area (Å²) in [7, 11) is 2.59. The molecule has 0 radical (unpaired) electrons. The topological polar surface area (TPSA) is 189 Å². The lowest BCUT2D eigenvalue weighted by molar-refractivity contribution is -0.136. The Hall–Kier alpha value is -6.32. The molecule has 5 atom stereocenters. The van der Waals surface area contributed by atoms with Crippen molar-refractivity contribution in [1.82, 2.24) is 44.9 Å². The van der Waals surface area contributed by atoms with Gasteiger partial charge in [0, 0.05) is 41.6 Å². The molecule has 2 saturated heterocycles. The molecule has 3 fully saturated rings. The first-order valence-electron chi connectivity index (χ1n) is 22.3. The predicted octanol–water partition coefficient (Wildman–Crippen LogP) is 7.87. The fourth-order valence-electron chi connectivity index (χ4n) is 9.60. The number of amides is 4. The van der Waals surface area contributed by atoms with Crippen LogP contribution >= 0.6 is 0 Å². The summed E-state index contributed by atoms with van der Waals surface area (Å²) < 4.78 is 18.8. The largest absolute Gasteiger partial charge is 0.469 e. The minimum atomic E-state index is -0.705. The molecule has 1 unspecified atom stereocenters. The third kappa shape index (κ3) is 8.11. The van der Waals surface area contributed by atoms with E-state index in [4.69, 9.17) is 24.2 Å². The normalized spacial score (nSPS) is 20.3. The number of aromatic amines is 2. The molecular weight excluding hydrogens is 803 g/mol. The van der Waals surface area contributed by atoms with Crippen molar-refractivity contribution in [1.29, 1.82) is 0 Å². The van der Waals surface area contributed by atoms with Crippen molar-refractivity contribution in [2.75, 3.05) is 27.3 Å². The quantitative estimate of drug-likeness (QED) is 0.0968. The predicted molar refractivity (Wildman–Crippen MR) is 235 cm³/mol. The minimum absolute atomic E-state index is 0.116. The summed E-state index contributed by atoms with van der Waals surface area (Å²) in [5, 5.41) is 6.53. The molecule has 3 aromatic heterocycles. The molecule has 16 heteroatoms. The third-order valence-electron chi connectivity index (χ3n) is 13.2. The highest BCUT2D eigenvalue weighted by atomic mass is 16.5. The number of nitrogens with one attached hydrogen (secondary N) is 4. The van der Waals surface area contributed by atoms with E-state index in [2.05, 4.69) is 67.6 Å². The molecule has 3 aliphatic heterocycles. The summed E-state index contributed by atoms with van der Waals surface area (Å²) >= 11 is 0. The van der Waals surface area contributed by atoms with Crippen molar-refractivity contribution < 1.29 is 33.4 Å². The number of methoxy groups -OCH3 is 2. The minimum Gasteiger partial charge on any atom is -0.469 e. The zero-order chi connectivity index (χ0) is 44.1. The molecule has 4 amide bonds. The molecule has 4 N–H and O–H groups in total. The molecule has 63 heavy (non-hydrogen) atoms. The maximum atomic E-state index is 13.7. The van der Waals surface area contributed by atoms with Gasteiger partial charge in [-0.25, -0.2) is 19.6 Å². The number of hydrogen-bond acceptors (Lipinski definition) is 9. The molecule has 4 aliphatic rings. The fourth-order valence-corrected chi connectivity index (χ4v) is 9.60. The number of alkyl carbamates (subject to hydrolysis) is 2. The molecule has 332 valence electrons. The van der Waals surface area contributed by atoms with Gasteiger partial charge in [-0.2, -0.15) is 0 Å². The van der Waals surface area contributed by atoms with E-state index in [0.717, 1.165) is 88.4 Å². The molecule has 0 spiro atoms. The number of nitrogens with zero attached hydrogens (tertiary/aromatic N) is 5. The zero-order valence-electron chi connectivity index (χ0n) is 36.8. The van der Waals surface area contributed by atoms with Crippen molar-refractivity contribution in [3.63, 3.8) is 0 Å². The monoisotopic (exact) mass is 859 g/mol. The van der Waals surface area contributed by atoms with Crippen molar-refractivity contribution >= 4 is 34.9 Å².